The van der Waals surface area contributed by atoms with Crippen LogP contribution in [-0.2, 0) is 4.79 Å². The molecule has 1 saturated carbocycles. The van der Waals surface area contributed by atoms with E-state index in [4.69, 9.17) is 9.52 Å². The maximum atomic E-state index is 12.0. The Kier molecular flexibility index (Phi) is 3.02. The van der Waals surface area contributed by atoms with Crippen LogP contribution < -0.4 is 5.32 Å². The van der Waals surface area contributed by atoms with Gasteiger partial charge in [-0.05, 0) is 30.9 Å². The lowest BCUT2D eigenvalue weighted by molar-refractivity contribution is -0.139. The first-order chi connectivity index (χ1) is 9.65. The van der Waals surface area contributed by atoms with Gasteiger partial charge in [0.05, 0.1) is 6.26 Å². The Morgan fingerprint density at radius 1 is 1.50 bits per heavy atom. The third-order valence-corrected chi connectivity index (χ3v) is 3.24. The largest absolute Gasteiger partial charge is 0.480 e. The number of carboxylic acid groups (broad SMARTS) is 1. The number of carboxylic acids is 1. The smallest absolute Gasteiger partial charge is 0.326 e. The van der Waals surface area contributed by atoms with Crippen molar-refractivity contribution in [1.82, 2.24) is 15.5 Å². The van der Waals surface area contributed by atoms with Gasteiger partial charge in [-0.3, -0.25) is 9.89 Å². The summed E-state index contributed by atoms with van der Waals surface area (Å²) in [6.45, 7) is 0. The molecular formula is C13H13N3O4. The van der Waals surface area contributed by atoms with E-state index in [9.17, 15) is 9.59 Å². The molecule has 2 heterocycles. The zero-order valence-electron chi connectivity index (χ0n) is 10.5. The minimum absolute atomic E-state index is 0.0277. The zero-order valence-corrected chi connectivity index (χ0v) is 10.5. The fourth-order valence-corrected chi connectivity index (χ4v) is 2.02. The molecule has 1 aliphatic carbocycles. The van der Waals surface area contributed by atoms with Gasteiger partial charge in [0.15, 0.2) is 11.5 Å². The molecule has 0 saturated heterocycles. The van der Waals surface area contributed by atoms with Crippen LogP contribution in [0, 0.1) is 5.92 Å². The third-order valence-electron chi connectivity index (χ3n) is 3.24. The highest BCUT2D eigenvalue weighted by Gasteiger charge is 2.37. The van der Waals surface area contributed by atoms with Gasteiger partial charge in [0.1, 0.15) is 11.7 Å². The van der Waals surface area contributed by atoms with Crippen LogP contribution in [0.4, 0.5) is 0 Å². The molecule has 0 aliphatic heterocycles. The average Bonchev–Trinajstić information content (AvgIpc) is 2.94. The number of nitrogens with zero attached hydrogens (tertiary/aromatic N) is 1. The highest BCUT2D eigenvalue weighted by atomic mass is 16.4. The molecule has 1 fully saturated rings. The summed E-state index contributed by atoms with van der Waals surface area (Å²) in [5.74, 6) is -0.922. The summed E-state index contributed by atoms with van der Waals surface area (Å²) in [7, 11) is 0. The molecule has 0 radical (unpaired) electrons. The first-order valence-electron chi connectivity index (χ1n) is 6.28. The van der Waals surface area contributed by atoms with Crippen LogP contribution in [0.25, 0.3) is 11.5 Å². The molecule has 2 aromatic heterocycles. The summed E-state index contributed by atoms with van der Waals surface area (Å²) >= 11 is 0. The lowest BCUT2D eigenvalue weighted by atomic mass is 10.2. The summed E-state index contributed by atoms with van der Waals surface area (Å²) in [6, 6.07) is 4.15. The number of carbonyl (C=O) groups excluding carboxylic acids is 1. The molecule has 0 aromatic carbocycles. The van der Waals surface area contributed by atoms with Crippen LogP contribution in [-0.4, -0.2) is 33.2 Å². The van der Waals surface area contributed by atoms with E-state index in [1.54, 1.807) is 12.1 Å². The highest BCUT2D eigenvalue weighted by molar-refractivity contribution is 5.95. The van der Waals surface area contributed by atoms with Crippen LogP contribution in [0.3, 0.4) is 0 Å². The Balaban J connectivity index is 1.72. The Morgan fingerprint density at radius 3 is 2.90 bits per heavy atom. The topological polar surface area (TPSA) is 108 Å². The SMILES string of the molecule is O=C(NC(C(=O)O)C1CC1)c1cc(-c2ccco2)[nH]n1. The maximum absolute atomic E-state index is 12.0. The Bertz CT molecular complexity index is 628. The summed E-state index contributed by atoms with van der Waals surface area (Å²) < 4.78 is 5.18. The number of rotatable bonds is 5. The number of hydrogen-bond donors (Lipinski definition) is 3. The summed E-state index contributed by atoms with van der Waals surface area (Å²) in [4.78, 5) is 23.1. The van der Waals surface area contributed by atoms with Crippen molar-refractivity contribution in [2.45, 2.75) is 18.9 Å². The van der Waals surface area contributed by atoms with Crippen molar-refractivity contribution in [3.8, 4) is 11.5 Å². The van der Waals surface area contributed by atoms with E-state index in [2.05, 4.69) is 15.5 Å². The van der Waals surface area contributed by atoms with Crippen molar-refractivity contribution in [3.63, 3.8) is 0 Å². The fourth-order valence-electron chi connectivity index (χ4n) is 2.02. The average molecular weight is 275 g/mol. The van der Waals surface area contributed by atoms with Gasteiger partial charge >= 0.3 is 5.97 Å². The quantitative estimate of drug-likeness (QED) is 0.761. The first-order valence-corrected chi connectivity index (χ1v) is 6.28. The number of carbonyl (C=O) groups is 2. The van der Waals surface area contributed by atoms with Crippen molar-refractivity contribution in [1.29, 1.82) is 0 Å². The molecule has 1 unspecified atom stereocenters. The van der Waals surface area contributed by atoms with Gasteiger partial charge in [-0.2, -0.15) is 5.10 Å². The van der Waals surface area contributed by atoms with E-state index >= 15 is 0 Å². The molecule has 3 N–H and O–H groups in total. The van der Waals surface area contributed by atoms with Gasteiger partial charge in [-0.15, -0.1) is 0 Å². The van der Waals surface area contributed by atoms with Crippen molar-refractivity contribution in [2.75, 3.05) is 0 Å². The standard InChI is InChI=1S/C13H13N3O4/c17-12(14-11(13(18)19)7-3-4-7)9-6-8(15-16-9)10-2-1-5-20-10/h1-2,5-7,11H,3-4H2,(H,14,17)(H,15,16)(H,18,19). The number of furan rings is 1. The Hall–Kier alpha value is -2.57. The molecule has 20 heavy (non-hydrogen) atoms. The number of nitrogens with one attached hydrogen (secondary N) is 2. The predicted molar refractivity (Wildman–Crippen MR) is 67.9 cm³/mol. The zero-order chi connectivity index (χ0) is 14.1. The van der Waals surface area contributed by atoms with Gasteiger partial charge < -0.3 is 14.8 Å². The number of aromatic amines is 1. The molecule has 1 atom stereocenters. The molecule has 2 aromatic rings. The molecule has 104 valence electrons. The van der Waals surface area contributed by atoms with Crippen LogP contribution in [0.15, 0.2) is 28.9 Å². The molecule has 1 aliphatic rings. The van der Waals surface area contributed by atoms with Crippen LogP contribution in [0.2, 0.25) is 0 Å². The van der Waals surface area contributed by atoms with E-state index < -0.39 is 17.9 Å². The van der Waals surface area contributed by atoms with Crippen LogP contribution in [0.5, 0.6) is 0 Å². The molecule has 7 nitrogen and oxygen atoms in total. The maximum Gasteiger partial charge on any atom is 0.326 e. The lowest BCUT2D eigenvalue weighted by Crippen LogP contribution is -2.42. The van der Waals surface area contributed by atoms with Gasteiger partial charge in [0, 0.05) is 6.07 Å². The van der Waals surface area contributed by atoms with Crippen molar-refractivity contribution in [3.05, 3.63) is 30.2 Å². The lowest BCUT2D eigenvalue weighted by Gasteiger charge is -2.11. The minimum atomic E-state index is -1.01. The van der Waals surface area contributed by atoms with Crippen LogP contribution >= 0.6 is 0 Å². The van der Waals surface area contributed by atoms with Gasteiger partial charge in [-0.25, -0.2) is 4.79 Å². The van der Waals surface area contributed by atoms with E-state index in [0.717, 1.165) is 12.8 Å². The molecule has 0 spiro atoms. The second-order valence-corrected chi connectivity index (χ2v) is 4.77. The third kappa shape index (κ3) is 2.42. The second kappa shape index (κ2) is 4.84. The van der Waals surface area contributed by atoms with Gasteiger partial charge in [-0.1, -0.05) is 0 Å². The number of H-pyrrole nitrogens is 1. The molecule has 3 rings (SSSR count). The van der Waals surface area contributed by atoms with Crippen LogP contribution in [0.1, 0.15) is 23.3 Å². The molecule has 7 heteroatoms. The first kappa shape index (κ1) is 12.5. The van der Waals surface area contributed by atoms with E-state index in [1.165, 1.54) is 12.3 Å². The second-order valence-electron chi connectivity index (χ2n) is 4.77. The predicted octanol–water partition coefficient (Wildman–Crippen LogP) is 1.26. The molecule has 0 bridgehead atoms. The fraction of sp³-hybridized carbons (Fsp3) is 0.308. The van der Waals surface area contributed by atoms with E-state index in [0.29, 0.717) is 11.5 Å². The number of hydrogen-bond acceptors (Lipinski definition) is 4. The van der Waals surface area contributed by atoms with Gasteiger partial charge in [0.25, 0.3) is 5.91 Å². The van der Waals surface area contributed by atoms with E-state index in [-0.39, 0.29) is 11.6 Å². The monoisotopic (exact) mass is 275 g/mol. The molecule has 1 amide bonds. The molecular weight excluding hydrogens is 262 g/mol. The summed E-state index contributed by atoms with van der Waals surface area (Å²) in [6.07, 6.45) is 3.17. The highest BCUT2D eigenvalue weighted by Crippen LogP contribution is 2.32. The van der Waals surface area contributed by atoms with E-state index in [1.807, 2.05) is 0 Å². The minimum Gasteiger partial charge on any atom is -0.480 e. The Labute approximate surface area is 114 Å². The summed E-state index contributed by atoms with van der Waals surface area (Å²) in [5.41, 5.74) is 0.710. The number of aliphatic carboxylic acids is 1. The normalized spacial score (nSPS) is 15.8. The number of aromatic nitrogens is 2. The van der Waals surface area contributed by atoms with Crippen molar-refractivity contribution < 1.29 is 19.1 Å². The Morgan fingerprint density at radius 2 is 2.30 bits per heavy atom. The summed E-state index contributed by atoms with van der Waals surface area (Å²) in [5, 5.41) is 18.1. The van der Waals surface area contributed by atoms with Crippen molar-refractivity contribution >= 4 is 11.9 Å². The van der Waals surface area contributed by atoms with Crippen molar-refractivity contribution in [2.24, 2.45) is 5.92 Å². The van der Waals surface area contributed by atoms with Gasteiger partial charge in [0.2, 0.25) is 0 Å². The number of amides is 1.